The molecule has 1 aliphatic rings. The van der Waals surface area contributed by atoms with Crippen molar-refractivity contribution in [3.63, 3.8) is 0 Å². The van der Waals surface area contributed by atoms with Crippen LogP contribution in [0, 0.1) is 0 Å². The molecule has 1 saturated heterocycles. The van der Waals surface area contributed by atoms with Gasteiger partial charge >= 0.3 is 6.09 Å². The van der Waals surface area contributed by atoms with E-state index in [0.29, 0.717) is 19.1 Å². The molecule has 0 aliphatic carbocycles. The summed E-state index contributed by atoms with van der Waals surface area (Å²) in [5.74, 6) is 0.769. The predicted molar refractivity (Wildman–Crippen MR) is 124 cm³/mol. The van der Waals surface area contributed by atoms with Gasteiger partial charge in [-0.25, -0.2) is 4.79 Å². The lowest BCUT2D eigenvalue weighted by atomic mass is 10.1. The number of alkyl carbamates (subject to hydrolysis) is 1. The van der Waals surface area contributed by atoms with Crippen molar-refractivity contribution in [2.75, 3.05) is 38.1 Å². The van der Waals surface area contributed by atoms with Crippen LogP contribution in [-0.4, -0.2) is 56.9 Å². The summed E-state index contributed by atoms with van der Waals surface area (Å²) < 4.78 is 5.21. The molecule has 0 unspecified atom stereocenters. The van der Waals surface area contributed by atoms with Gasteiger partial charge in [-0.15, -0.1) is 35.3 Å². The maximum absolute atomic E-state index is 11.6. The second-order valence-corrected chi connectivity index (χ2v) is 8.21. The van der Waals surface area contributed by atoms with Gasteiger partial charge in [0.05, 0.1) is 5.00 Å². The van der Waals surface area contributed by atoms with Crippen molar-refractivity contribution in [2.45, 2.75) is 45.3 Å². The number of nitrogens with zero attached hydrogens (tertiary/aromatic N) is 2. The number of hydrogen-bond acceptors (Lipinski definition) is 5. The minimum atomic E-state index is -0.479. The third-order valence-electron chi connectivity index (χ3n) is 3.96. The van der Waals surface area contributed by atoms with Crippen LogP contribution in [0.15, 0.2) is 22.5 Å². The van der Waals surface area contributed by atoms with Crippen LogP contribution in [0.4, 0.5) is 9.80 Å². The summed E-state index contributed by atoms with van der Waals surface area (Å²) >= 11 is 1.79. The maximum atomic E-state index is 11.6. The van der Waals surface area contributed by atoms with Crippen molar-refractivity contribution in [3.8, 4) is 0 Å². The molecule has 0 radical (unpaired) electrons. The molecule has 0 bridgehead atoms. The number of nitrogens with one attached hydrogen (secondary N) is 3. The molecular weight excluding hydrogens is 477 g/mol. The van der Waals surface area contributed by atoms with Gasteiger partial charge in [-0.3, -0.25) is 4.99 Å². The lowest BCUT2D eigenvalue weighted by Crippen LogP contribution is -2.49. The van der Waals surface area contributed by atoms with Crippen LogP contribution in [0.3, 0.4) is 0 Å². The standard InChI is InChI=1S/C18H31N5O2S.HI/c1-18(2,3)25-17(24)21-10-9-20-16(19-4)22-14-7-11-23(12-8-14)15-6-5-13-26-15;/h5-6,13-14H,7-12H2,1-4H3,(H,21,24)(H2,19,20,22);1H. The highest BCUT2D eigenvalue weighted by atomic mass is 127. The molecule has 7 nitrogen and oxygen atoms in total. The Morgan fingerprint density at radius 3 is 2.52 bits per heavy atom. The SMILES string of the molecule is CN=C(NCCNC(=O)OC(C)(C)C)NC1CCN(c2cccs2)CC1.I. The Bertz CT molecular complexity index is 581. The third-order valence-corrected chi connectivity index (χ3v) is 4.89. The number of aliphatic imine (C=N–C) groups is 1. The Labute approximate surface area is 183 Å². The first-order valence-electron chi connectivity index (χ1n) is 9.10. The monoisotopic (exact) mass is 509 g/mol. The maximum Gasteiger partial charge on any atom is 0.407 e. The van der Waals surface area contributed by atoms with Gasteiger partial charge in [0.15, 0.2) is 5.96 Å². The highest BCUT2D eigenvalue weighted by Gasteiger charge is 2.20. The van der Waals surface area contributed by atoms with Gasteiger partial charge < -0.3 is 25.6 Å². The number of amides is 1. The molecule has 2 heterocycles. The summed E-state index contributed by atoms with van der Waals surface area (Å²) in [6.45, 7) is 8.71. The molecule has 2 rings (SSSR count). The first-order valence-corrected chi connectivity index (χ1v) is 9.98. The summed E-state index contributed by atoms with van der Waals surface area (Å²) in [5.41, 5.74) is -0.479. The van der Waals surface area contributed by atoms with E-state index in [1.54, 1.807) is 18.4 Å². The van der Waals surface area contributed by atoms with Crippen LogP contribution in [-0.2, 0) is 4.74 Å². The molecule has 27 heavy (non-hydrogen) atoms. The van der Waals surface area contributed by atoms with Crippen LogP contribution in [0.25, 0.3) is 0 Å². The van der Waals surface area contributed by atoms with E-state index >= 15 is 0 Å². The fourth-order valence-electron chi connectivity index (χ4n) is 2.74. The Hall–Kier alpha value is -1.23. The largest absolute Gasteiger partial charge is 0.444 e. The number of thiophene rings is 1. The van der Waals surface area contributed by atoms with E-state index in [-0.39, 0.29) is 24.0 Å². The number of piperidine rings is 1. The first-order chi connectivity index (χ1) is 12.4. The summed E-state index contributed by atoms with van der Waals surface area (Å²) in [6, 6.07) is 4.69. The fraction of sp³-hybridized carbons (Fsp3) is 0.667. The molecule has 1 amide bonds. The summed E-state index contributed by atoms with van der Waals surface area (Å²) in [4.78, 5) is 18.3. The number of carbonyl (C=O) groups excluding carboxylic acids is 1. The number of carbonyl (C=O) groups is 1. The zero-order chi connectivity index (χ0) is 19.0. The summed E-state index contributed by atoms with van der Waals surface area (Å²) in [5, 5.41) is 12.9. The molecular formula is C18H32IN5O2S. The predicted octanol–water partition coefficient (Wildman–Crippen LogP) is 3.02. The Balaban J connectivity index is 0.00000364. The van der Waals surface area contributed by atoms with Gasteiger partial charge in [0, 0.05) is 39.3 Å². The van der Waals surface area contributed by atoms with Crippen molar-refractivity contribution >= 4 is 52.4 Å². The Morgan fingerprint density at radius 1 is 1.30 bits per heavy atom. The smallest absolute Gasteiger partial charge is 0.407 e. The van der Waals surface area contributed by atoms with Gasteiger partial charge in [0.2, 0.25) is 0 Å². The number of hydrogen-bond donors (Lipinski definition) is 3. The van der Waals surface area contributed by atoms with Crippen LogP contribution >= 0.6 is 35.3 Å². The molecule has 0 atom stereocenters. The number of guanidine groups is 1. The molecule has 1 aromatic heterocycles. The quantitative estimate of drug-likeness (QED) is 0.246. The van der Waals surface area contributed by atoms with E-state index in [0.717, 1.165) is 31.9 Å². The van der Waals surface area contributed by atoms with E-state index in [1.807, 2.05) is 20.8 Å². The van der Waals surface area contributed by atoms with Crippen molar-refractivity contribution in [1.29, 1.82) is 0 Å². The molecule has 154 valence electrons. The van der Waals surface area contributed by atoms with E-state index in [9.17, 15) is 4.79 Å². The molecule has 1 aliphatic heterocycles. The highest BCUT2D eigenvalue weighted by Crippen LogP contribution is 2.24. The highest BCUT2D eigenvalue weighted by molar-refractivity contribution is 14.0. The molecule has 0 spiro atoms. The van der Waals surface area contributed by atoms with Crippen LogP contribution < -0.4 is 20.9 Å². The van der Waals surface area contributed by atoms with Gasteiger partial charge in [0.1, 0.15) is 5.60 Å². The molecule has 0 saturated carbocycles. The number of anilines is 1. The van der Waals surface area contributed by atoms with Crippen LogP contribution in [0.2, 0.25) is 0 Å². The summed E-state index contributed by atoms with van der Waals surface area (Å²) in [6.07, 6.45) is 1.76. The van der Waals surface area contributed by atoms with Crippen molar-refractivity contribution in [1.82, 2.24) is 16.0 Å². The number of halogens is 1. The second-order valence-electron chi connectivity index (χ2n) is 7.28. The van der Waals surface area contributed by atoms with Gasteiger partial charge in [-0.1, -0.05) is 0 Å². The Kier molecular flexibility index (Phi) is 10.2. The Morgan fingerprint density at radius 2 is 1.96 bits per heavy atom. The molecule has 3 N–H and O–H groups in total. The minimum Gasteiger partial charge on any atom is -0.444 e. The lowest BCUT2D eigenvalue weighted by molar-refractivity contribution is 0.0529. The lowest BCUT2D eigenvalue weighted by Gasteiger charge is -2.33. The number of ether oxygens (including phenoxy) is 1. The van der Waals surface area contributed by atoms with E-state index in [2.05, 4.69) is 43.4 Å². The zero-order valence-corrected chi connectivity index (χ0v) is 19.7. The summed E-state index contributed by atoms with van der Waals surface area (Å²) in [7, 11) is 1.76. The van der Waals surface area contributed by atoms with E-state index < -0.39 is 11.7 Å². The molecule has 1 fully saturated rings. The van der Waals surface area contributed by atoms with E-state index in [1.165, 1.54) is 5.00 Å². The van der Waals surface area contributed by atoms with Gasteiger partial charge in [-0.05, 0) is 51.1 Å². The topological polar surface area (TPSA) is 78.0 Å². The normalized spacial score (nSPS) is 15.7. The van der Waals surface area contributed by atoms with Crippen molar-refractivity contribution < 1.29 is 9.53 Å². The fourth-order valence-corrected chi connectivity index (χ4v) is 3.53. The van der Waals surface area contributed by atoms with Crippen LogP contribution in [0.5, 0.6) is 0 Å². The van der Waals surface area contributed by atoms with Gasteiger partial charge in [0.25, 0.3) is 0 Å². The van der Waals surface area contributed by atoms with E-state index in [4.69, 9.17) is 4.74 Å². The average Bonchev–Trinajstić information content (AvgIpc) is 3.11. The second kappa shape index (κ2) is 11.6. The number of rotatable bonds is 5. The average molecular weight is 509 g/mol. The third kappa shape index (κ3) is 9.00. The first kappa shape index (κ1) is 23.8. The molecule has 1 aromatic rings. The van der Waals surface area contributed by atoms with Crippen molar-refractivity contribution in [2.24, 2.45) is 4.99 Å². The molecule has 9 heteroatoms. The zero-order valence-electron chi connectivity index (χ0n) is 16.6. The molecule has 0 aromatic carbocycles. The van der Waals surface area contributed by atoms with Gasteiger partial charge in [-0.2, -0.15) is 0 Å². The van der Waals surface area contributed by atoms with Crippen LogP contribution in [0.1, 0.15) is 33.6 Å². The minimum absolute atomic E-state index is 0. The van der Waals surface area contributed by atoms with Crippen molar-refractivity contribution in [3.05, 3.63) is 17.5 Å².